The third-order valence-corrected chi connectivity index (χ3v) is 4.61. The number of esters is 1. The van der Waals surface area contributed by atoms with Gasteiger partial charge in [-0.25, -0.2) is 4.79 Å². The second kappa shape index (κ2) is 7.47. The largest absolute Gasteiger partial charge is 0.448 e. The maximum atomic E-state index is 12.3. The highest BCUT2D eigenvalue weighted by Gasteiger charge is 2.23. The molecule has 128 valence electrons. The summed E-state index contributed by atoms with van der Waals surface area (Å²) in [7, 11) is 0. The van der Waals surface area contributed by atoms with Gasteiger partial charge in [-0.05, 0) is 31.7 Å². The minimum Gasteiger partial charge on any atom is -0.448 e. The van der Waals surface area contributed by atoms with Crippen molar-refractivity contribution < 1.29 is 14.3 Å². The number of H-pyrrole nitrogens is 1. The van der Waals surface area contributed by atoms with E-state index in [1.807, 2.05) is 18.2 Å². The van der Waals surface area contributed by atoms with E-state index in [-0.39, 0.29) is 11.6 Å². The lowest BCUT2D eigenvalue weighted by molar-refractivity contribution is -0.129. The van der Waals surface area contributed by atoms with E-state index in [2.05, 4.69) is 15.5 Å². The van der Waals surface area contributed by atoms with Crippen LogP contribution in [0, 0.1) is 5.92 Å². The summed E-state index contributed by atoms with van der Waals surface area (Å²) in [6, 6.07) is 7.31. The zero-order chi connectivity index (χ0) is 16.9. The molecule has 2 N–H and O–H groups in total. The van der Waals surface area contributed by atoms with Crippen LogP contribution in [0.3, 0.4) is 0 Å². The average Bonchev–Trinajstić information content (AvgIpc) is 3.04. The number of hydrogen-bond acceptors (Lipinski definition) is 4. The Kier molecular flexibility index (Phi) is 5.13. The van der Waals surface area contributed by atoms with Gasteiger partial charge in [0.05, 0.1) is 5.52 Å². The Morgan fingerprint density at radius 3 is 2.83 bits per heavy atom. The van der Waals surface area contributed by atoms with Gasteiger partial charge in [0.25, 0.3) is 5.91 Å². The molecule has 0 radical (unpaired) electrons. The molecule has 0 spiro atoms. The molecule has 0 unspecified atom stereocenters. The highest BCUT2D eigenvalue weighted by Crippen LogP contribution is 2.22. The lowest BCUT2D eigenvalue weighted by Gasteiger charge is -2.22. The molecule has 1 saturated carbocycles. The summed E-state index contributed by atoms with van der Waals surface area (Å²) in [4.78, 5) is 24.4. The molecule has 0 aliphatic heterocycles. The van der Waals surface area contributed by atoms with E-state index in [1.165, 1.54) is 19.3 Å². The summed E-state index contributed by atoms with van der Waals surface area (Å²) in [6.45, 7) is 2.25. The van der Waals surface area contributed by atoms with Gasteiger partial charge in [-0.3, -0.25) is 9.89 Å². The number of nitrogens with one attached hydrogen (secondary N) is 2. The van der Waals surface area contributed by atoms with E-state index in [9.17, 15) is 9.59 Å². The normalized spacial score (nSPS) is 16.7. The Balaban J connectivity index is 1.54. The molecule has 3 rings (SSSR count). The molecule has 0 saturated heterocycles. The van der Waals surface area contributed by atoms with Crippen LogP contribution in [0.2, 0.25) is 0 Å². The molecular formula is C18H23N3O3. The number of carbonyl (C=O) groups excluding carboxylic acids is 2. The van der Waals surface area contributed by atoms with Gasteiger partial charge in [0.2, 0.25) is 0 Å². The van der Waals surface area contributed by atoms with Crippen LogP contribution in [-0.2, 0) is 9.53 Å². The summed E-state index contributed by atoms with van der Waals surface area (Å²) in [5.41, 5.74) is 0.969. The Morgan fingerprint density at radius 1 is 1.29 bits per heavy atom. The number of benzene rings is 1. The van der Waals surface area contributed by atoms with E-state index >= 15 is 0 Å². The first-order chi connectivity index (χ1) is 11.6. The second-order valence-electron chi connectivity index (χ2n) is 6.41. The lowest BCUT2D eigenvalue weighted by Crippen LogP contribution is -2.38. The van der Waals surface area contributed by atoms with Crippen molar-refractivity contribution in [1.82, 2.24) is 15.5 Å². The maximum absolute atomic E-state index is 12.3. The summed E-state index contributed by atoms with van der Waals surface area (Å²) >= 11 is 0. The van der Waals surface area contributed by atoms with Crippen molar-refractivity contribution in [2.75, 3.05) is 6.54 Å². The molecule has 1 amide bonds. The quantitative estimate of drug-likeness (QED) is 0.826. The van der Waals surface area contributed by atoms with Crippen LogP contribution >= 0.6 is 0 Å². The van der Waals surface area contributed by atoms with Gasteiger partial charge >= 0.3 is 5.97 Å². The van der Waals surface area contributed by atoms with E-state index in [1.54, 1.807) is 13.0 Å². The number of aromatic nitrogens is 2. The molecule has 1 heterocycles. The Morgan fingerprint density at radius 2 is 2.04 bits per heavy atom. The second-order valence-corrected chi connectivity index (χ2v) is 6.41. The third kappa shape index (κ3) is 3.75. The summed E-state index contributed by atoms with van der Waals surface area (Å²) < 4.78 is 5.27. The Hall–Kier alpha value is -2.37. The molecule has 6 nitrogen and oxygen atoms in total. The molecule has 6 heteroatoms. The predicted octanol–water partition coefficient (Wildman–Crippen LogP) is 2.80. The molecule has 0 bridgehead atoms. The minimum absolute atomic E-state index is 0.206. The van der Waals surface area contributed by atoms with Crippen molar-refractivity contribution in [2.45, 2.75) is 45.1 Å². The van der Waals surface area contributed by atoms with Crippen LogP contribution in [-0.4, -0.2) is 34.7 Å². The highest BCUT2D eigenvalue weighted by atomic mass is 16.5. The SMILES string of the molecule is C[C@@H](OC(=O)c1n[nH]c2ccccc12)C(=O)NCC1CCCCC1. The van der Waals surface area contributed by atoms with Gasteiger partial charge in [-0.2, -0.15) is 5.10 Å². The highest BCUT2D eigenvalue weighted by molar-refractivity contribution is 6.02. The number of fused-ring (bicyclic) bond motifs is 1. The first-order valence-corrected chi connectivity index (χ1v) is 8.57. The van der Waals surface area contributed by atoms with Crippen LogP contribution in [0.15, 0.2) is 24.3 Å². The van der Waals surface area contributed by atoms with E-state index in [0.29, 0.717) is 17.8 Å². The van der Waals surface area contributed by atoms with Gasteiger partial charge in [0, 0.05) is 11.9 Å². The first-order valence-electron chi connectivity index (χ1n) is 8.57. The lowest BCUT2D eigenvalue weighted by atomic mass is 9.89. The summed E-state index contributed by atoms with van der Waals surface area (Å²) in [5, 5.41) is 10.4. The van der Waals surface area contributed by atoms with Crippen LogP contribution in [0.25, 0.3) is 10.9 Å². The number of para-hydroxylation sites is 1. The third-order valence-electron chi connectivity index (χ3n) is 4.61. The predicted molar refractivity (Wildman–Crippen MR) is 90.6 cm³/mol. The Bertz CT molecular complexity index is 719. The van der Waals surface area contributed by atoms with Crippen LogP contribution < -0.4 is 5.32 Å². The van der Waals surface area contributed by atoms with Crippen LogP contribution in [0.5, 0.6) is 0 Å². The van der Waals surface area contributed by atoms with E-state index in [4.69, 9.17) is 4.74 Å². The summed E-state index contributed by atoms with van der Waals surface area (Å²) in [6.07, 6.45) is 5.24. The van der Waals surface area contributed by atoms with Crippen LogP contribution in [0.4, 0.5) is 0 Å². The number of rotatable bonds is 5. The summed E-state index contributed by atoms with van der Waals surface area (Å²) in [5.74, 6) is -0.303. The molecular weight excluding hydrogens is 306 g/mol. The monoisotopic (exact) mass is 329 g/mol. The molecule has 2 aromatic rings. The van der Waals surface area contributed by atoms with Crippen molar-refractivity contribution >= 4 is 22.8 Å². The molecule has 24 heavy (non-hydrogen) atoms. The van der Waals surface area contributed by atoms with E-state index < -0.39 is 12.1 Å². The number of nitrogens with zero attached hydrogens (tertiary/aromatic N) is 1. The molecule has 1 aliphatic carbocycles. The van der Waals surface area contributed by atoms with E-state index in [0.717, 1.165) is 18.4 Å². The first kappa shape index (κ1) is 16.5. The van der Waals surface area contributed by atoms with Gasteiger partial charge in [0.15, 0.2) is 11.8 Å². The topological polar surface area (TPSA) is 84.1 Å². The number of carbonyl (C=O) groups is 2. The fourth-order valence-electron chi connectivity index (χ4n) is 3.17. The van der Waals surface area contributed by atoms with Crippen molar-refractivity contribution in [3.05, 3.63) is 30.0 Å². The fourth-order valence-corrected chi connectivity index (χ4v) is 3.17. The van der Waals surface area contributed by atoms with Crippen molar-refractivity contribution in [2.24, 2.45) is 5.92 Å². The number of hydrogen-bond donors (Lipinski definition) is 2. The molecule has 1 aliphatic rings. The number of aromatic amines is 1. The molecule has 1 atom stereocenters. The van der Waals surface area contributed by atoms with Gasteiger partial charge in [0.1, 0.15) is 0 Å². The van der Waals surface area contributed by atoms with Gasteiger partial charge in [-0.15, -0.1) is 0 Å². The smallest absolute Gasteiger partial charge is 0.360 e. The molecule has 1 fully saturated rings. The average molecular weight is 329 g/mol. The van der Waals surface area contributed by atoms with Gasteiger partial charge in [-0.1, -0.05) is 37.5 Å². The van der Waals surface area contributed by atoms with Crippen LogP contribution in [0.1, 0.15) is 49.5 Å². The minimum atomic E-state index is -0.837. The van der Waals surface area contributed by atoms with Crippen molar-refractivity contribution in [3.8, 4) is 0 Å². The number of amides is 1. The zero-order valence-electron chi connectivity index (χ0n) is 13.9. The number of ether oxygens (including phenoxy) is 1. The maximum Gasteiger partial charge on any atom is 0.360 e. The molecule has 1 aromatic carbocycles. The van der Waals surface area contributed by atoms with Crippen molar-refractivity contribution in [3.63, 3.8) is 0 Å². The Labute approximate surface area is 141 Å². The fraction of sp³-hybridized carbons (Fsp3) is 0.500. The molecule has 1 aromatic heterocycles. The van der Waals surface area contributed by atoms with Gasteiger partial charge < -0.3 is 10.1 Å². The zero-order valence-corrected chi connectivity index (χ0v) is 13.9. The van der Waals surface area contributed by atoms with Crippen molar-refractivity contribution in [1.29, 1.82) is 0 Å². The standard InChI is InChI=1S/C18H23N3O3/c1-12(17(22)19-11-13-7-3-2-4-8-13)24-18(23)16-14-9-5-6-10-15(14)20-21-16/h5-6,9-10,12-13H,2-4,7-8,11H2,1H3,(H,19,22)(H,20,21)/t12-/m1/s1.